The second-order valence-corrected chi connectivity index (χ2v) is 15.8. The van der Waals surface area contributed by atoms with E-state index in [0.717, 1.165) is 18.9 Å². The average Bonchev–Trinajstić information content (AvgIpc) is 3.78. The first-order valence-electron chi connectivity index (χ1n) is 14.7. The van der Waals surface area contributed by atoms with Crippen molar-refractivity contribution in [3.8, 4) is 17.1 Å². The number of pyridine rings is 1. The van der Waals surface area contributed by atoms with E-state index < -0.39 is 49.9 Å². The molecule has 0 bridgehead atoms. The number of benzene rings is 2. The van der Waals surface area contributed by atoms with Gasteiger partial charge in [-0.05, 0) is 25.8 Å². The van der Waals surface area contributed by atoms with Gasteiger partial charge in [-0.2, -0.15) is 0 Å². The van der Waals surface area contributed by atoms with Crippen LogP contribution in [0.15, 0.2) is 55.0 Å². The number of anilines is 1. The van der Waals surface area contributed by atoms with Crippen LogP contribution in [0, 0.1) is 5.82 Å². The van der Waals surface area contributed by atoms with E-state index in [9.17, 15) is 28.6 Å². The van der Waals surface area contributed by atoms with Gasteiger partial charge >= 0.3 is 19.4 Å². The summed E-state index contributed by atoms with van der Waals surface area (Å²) >= 11 is 0. The molecule has 1 aliphatic carbocycles. The number of halogens is 1. The highest BCUT2D eigenvalue weighted by Gasteiger charge is 2.34. The van der Waals surface area contributed by atoms with Gasteiger partial charge in [0.15, 0.2) is 23.1 Å². The number of carbonyl (C=O) groups is 1. The number of rotatable bonds is 10. The van der Waals surface area contributed by atoms with Gasteiger partial charge in [-0.25, -0.2) is 14.0 Å². The first-order valence-corrected chi connectivity index (χ1v) is 18.2. The summed E-state index contributed by atoms with van der Waals surface area (Å²) in [4.78, 5) is 59.1. The summed E-state index contributed by atoms with van der Waals surface area (Å²) in [6.07, 6.45) is 2.88. The van der Waals surface area contributed by atoms with Crippen molar-refractivity contribution in [1.29, 1.82) is 0 Å². The standard InChI is InChI=1S/C30H32FN3O11P2/c1-16-12-33(25-22(31)11-20-24(28(25)43-2)34(18-5-6-18)13-21(26(20)35)29(36)37)10-9-32(16)14-23-27(45-30(38)44-23)17-3-7-19(8-4-17)46(39)15-47(40,41)42/h3-4,7-8,11,13,16,18,46H,5-6,9-10,12,14-15H2,1-2H3,(H,36,37)(H2,40,41,42). The van der Waals surface area contributed by atoms with Crippen LogP contribution in [0.2, 0.25) is 0 Å². The third kappa shape index (κ3) is 6.59. The third-order valence-electron chi connectivity index (χ3n) is 8.46. The number of aromatic carboxylic acids is 1. The number of methoxy groups -OCH3 is 1. The molecule has 0 radical (unpaired) electrons. The number of hydrogen-bond acceptors (Lipinski definition) is 10. The molecule has 17 heteroatoms. The number of hydrogen-bond donors (Lipinski definition) is 3. The van der Waals surface area contributed by atoms with Crippen LogP contribution in [0.5, 0.6) is 5.75 Å². The Labute approximate surface area is 266 Å². The van der Waals surface area contributed by atoms with Crippen LogP contribution in [0.4, 0.5) is 10.1 Å². The van der Waals surface area contributed by atoms with Crippen LogP contribution in [0.1, 0.15) is 41.9 Å². The fourth-order valence-electron chi connectivity index (χ4n) is 6.06. The Morgan fingerprint density at radius 1 is 1.15 bits per heavy atom. The largest absolute Gasteiger partial charge is 0.519 e. The molecule has 250 valence electrons. The van der Waals surface area contributed by atoms with Crippen molar-refractivity contribution in [2.45, 2.75) is 38.4 Å². The molecule has 4 aromatic rings. The van der Waals surface area contributed by atoms with E-state index in [0.29, 0.717) is 30.7 Å². The molecule has 47 heavy (non-hydrogen) atoms. The second-order valence-electron chi connectivity index (χ2n) is 11.7. The monoisotopic (exact) mass is 691 g/mol. The minimum Gasteiger partial charge on any atom is -0.492 e. The number of piperazine rings is 1. The van der Waals surface area contributed by atoms with Gasteiger partial charge < -0.3 is 42.5 Å². The lowest BCUT2D eigenvalue weighted by Gasteiger charge is -2.41. The predicted molar refractivity (Wildman–Crippen MR) is 170 cm³/mol. The number of nitrogens with zero attached hydrogens (tertiary/aromatic N) is 3. The first-order chi connectivity index (χ1) is 22.3. The van der Waals surface area contributed by atoms with E-state index in [4.69, 9.17) is 23.4 Å². The molecular weight excluding hydrogens is 659 g/mol. The Morgan fingerprint density at radius 2 is 1.85 bits per heavy atom. The lowest BCUT2D eigenvalue weighted by molar-refractivity contribution is 0.0694. The van der Waals surface area contributed by atoms with Gasteiger partial charge in [-0.3, -0.25) is 14.3 Å². The zero-order valence-corrected chi connectivity index (χ0v) is 27.2. The lowest BCUT2D eigenvalue weighted by Crippen LogP contribution is -2.51. The maximum Gasteiger partial charge on any atom is 0.519 e. The smallest absolute Gasteiger partial charge is 0.492 e. The molecule has 1 saturated carbocycles. The van der Waals surface area contributed by atoms with Crippen molar-refractivity contribution in [3.05, 3.63) is 74.5 Å². The van der Waals surface area contributed by atoms with E-state index in [1.165, 1.54) is 37.6 Å². The van der Waals surface area contributed by atoms with Gasteiger partial charge in [0.1, 0.15) is 25.0 Å². The summed E-state index contributed by atoms with van der Waals surface area (Å²) < 4.78 is 57.5. The highest BCUT2D eigenvalue weighted by atomic mass is 31.2. The van der Waals surface area contributed by atoms with Crippen molar-refractivity contribution in [1.82, 2.24) is 9.47 Å². The zero-order valence-electron chi connectivity index (χ0n) is 25.3. The molecule has 2 unspecified atom stereocenters. The topological polar surface area (TPSA) is 193 Å². The van der Waals surface area contributed by atoms with E-state index in [-0.39, 0.29) is 52.3 Å². The van der Waals surface area contributed by atoms with Crippen LogP contribution in [0.3, 0.4) is 0 Å². The van der Waals surface area contributed by atoms with Crippen LogP contribution < -0.4 is 26.2 Å². The summed E-state index contributed by atoms with van der Waals surface area (Å²) in [7, 11) is -5.80. The van der Waals surface area contributed by atoms with Crippen molar-refractivity contribution >= 4 is 43.3 Å². The van der Waals surface area contributed by atoms with E-state index in [1.54, 1.807) is 4.57 Å². The van der Waals surface area contributed by atoms with E-state index in [1.807, 2.05) is 16.7 Å². The van der Waals surface area contributed by atoms with Gasteiger partial charge in [0.2, 0.25) is 5.43 Å². The molecule has 2 aliphatic rings. The van der Waals surface area contributed by atoms with E-state index >= 15 is 4.39 Å². The fourth-order valence-corrected chi connectivity index (χ4v) is 8.83. The SMILES string of the molecule is COc1c(N2CCN(Cc3oc(=O)oc3-c3ccc([PH](=O)CP(=O)(O)O)cc3)C(C)C2)c(F)cc2c(=O)c(C(=O)O)cn(C3CC3)c12. The number of ether oxygens (including phenoxy) is 1. The molecule has 2 fully saturated rings. The van der Waals surface area contributed by atoms with Crippen LogP contribution >= 0.6 is 15.4 Å². The molecule has 0 amide bonds. The molecule has 2 aromatic carbocycles. The molecule has 3 N–H and O–H groups in total. The molecular formula is C30H32FN3O11P2. The molecule has 2 atom stereocenters. The van der Waals surface area contributed by atoms with E-state index in [2.05, 4.69) is 0 Å². The Bertz CT molecular complexity index is 2060. The maximum atomic E-state index is 15.8. The van der Waals surface area contributed by atoms with Crippen LogP contribution in [-0.2, 0) is 15.7 Å². The van der Waals surface area contributed by atoms with Crippen molar-refractivity contribution < 1.29 is 46.8 Å². The summed E-state index contributed by atoms with van der Waals surface area (Å²) in [6, 6.07) is 6.84. The number of fused-ring (bicyclic) bond motifs is 1. The van der Waals surface area contributed by atoms with Gasteiger partial charge in [0.25, 0.3) is 0 Å². The fraction of sp³-hybridized carbons (Fsp3) is 0.367. The zero-order chi connectivity index (χ0) is 33.8. The maximum absolute atomic E-state index is 15.8. The van der Waals surface area contributed by atoms with Gasteiger partial charge in [-0.15, -0.1) is 0 Å². The molecule has 1 aliphatic heterocycles. The quantitative estimate of drug-likeness (QED) is 0.205. The van der Waals surface area contributed by atoms with Crippen LogP contribution in [0.25, 0.3) is 22.2 Å². The number of carboxylic acids is 1. The summed E-state index contributed by atoms with van der Waals surface area (Å²) in [6.45, 7) is 3.17. The molecule has 0 spiro atoms. The highest BCUT2D eigenvalue weighted by molar-refractivity contribution is 7.69. The van der Waals surface area contributed by atoms with Crippen molar-refractivity contribution in [2.75, 3.05) is 37.5 Å². The minimum atomic E-state index is -4.45. The molecule has 2 aromatic heterocycles. The number of aromatic nitrogens is 1. The number of carboxylic acid groups (broad SMARTS) is 1. The molecule has 3 heterocycles. The first kappa shape index (κ1) is 32.9. The Hall–Kier alpha value is -4.00. The average molecular weight is 692 g/mol. The molecule has 6 rings (SSSR count). The minimum absolute atomic E-state index is 0.0304. The summed E-state index contributed by atoms with van der Waals surface area (Å²) in [5.41, 5.74) is -0.259. The van der Waals surface area contributed by atoms with Gasteiger partial charge in [-0.1, -0.05) is 24.3 Å². The van der Waals surface area contributed by atoms with Gasteiger partial charge in [0.05, 0.1) is 24.6 Å². The molecule has 1 saturated heterocycles. The molecule has 14 nitrogen and oxygen atoms in total. The van der Waals surface area contributed by atoms with Crippen molar-refractivity contribution in [2.24, 2.45) is 0 Å². The Balaban J connectivity index is 1.25. The van der Waals surface area contributed by atoms with Gasteiger partial charge in [0, 0.05) is 48.8 Å². The normalized spacial score (nSPS) is 18.1. The summed E-state index contributed by atoms with van der Waals surface area (Å²) in [5, 5.41) is 9.81. The summed E-state index contributed by atoms with van der Waals surface area (Å²) in [5.74, 6) is -3.22. The second kappa shape index (κ2) is 12.6. The lowest BCUT2D eigenvalue weighted by atomic mass is 10.1. The van der Waals surface area contributed by atoms with Crippen molar-refractivity contribution in [3.63, 3.8) is 0 Å². The Morgan fingerprint density at radius 3 is 2.45 bits per heavy atom. The highest BCUT2D eigenvalue weighted by Crippen LogP contribution is 2.45. The van der Waals surface area contributed by atoms with Crippen LogP contribution in [-0.4, -0.2) is 69.0 Å². The third-order valence-corrected chi connectivity index (χ3v) is 12.2. The predicted octanol–water partition coefficient (Wildman–Crippen LogP) is 3.43. The Kier molecular flexibility index (Phi) is 8.79.